The summed E-state index contributed by atoms with van der Waals surface area (Å²) >= 11 is 0. The fourth-order valence-corrected chi connectivity index (χ4v) is 2.05. The fraction of sp³-hybridized carbons (Fsp3) is 0.385. The molecule has 21 heavy (non-hydrogen) atoms. The van der Waals surface area contributed by atoms with Crippen molar-refractivity contribution in [1.82, 2.24) is 9.55 Å². The topological polar surface area (TPSA) is 101 Å². The Bertz CT molecular complexity index is 699. The summed E-state index contributed by atoms with van der Waals surface area (Å²) in [5, 5.41) is 0.419. The van der Waals surface area contributed by atoms with Crippen molar-refractivity contribution in [1.29, 1.82) is 0 Å². The van der Waals surface area contributed by atoms with Crippen LogP contribution in [0.25, 0.3) is 10.9 Å². The van der Waals surface area contributed by atoms with E-state index in [4.69, 9.17) is 20.1 Å². The molecule has 0 unspecified atom stereocenters. The molecule has 0 saturated carbocycles. The Labute approximate surface area is 121 Å². The van der Waals surface area contributed by atoms with Crippen LogP contribution in [0.4, 0.5) is 5.95 Å². The number of hydrogen-bond donors (Lipinski definition) is 2. The van der Waals surface area contributed by atoms with Crippen LogP contribution < -0.4 is 26.3 Å². The predicted molar refractivity (Wildman–Crippen MR) is 78.8 cm³/mol. The van der Waals surface area contributed by atoms with Crippen LogP contribution in [0, 0.1) is 0 Å². The van der Waals surface area contributed by atoms with Gasteiger partial charge in [-0.1, -0.05) is 0 Å². The molecule has 3 N–H and O–H groups in total. The molecule has 114 valence electrons. The summed E-state index contributed by atoms with van der Waals surface area (Å²) in [4.78, 5) is 16.9. The normalized spacial score (nSPS) is 10.7. The van der Waals surface area contributed by atoms with E-state index in [1.165, 1.54) is 18.8 Å². The third-order valence-electron chi connectivity index (χ3n) is 3.11. The number of nitrogens with two attached hydrogens (primary N) is 1. The number of aromatic nitrogens is 2. The van der Waals surface area contributed by atoms with Crippen molar-refractivity contribution in [3.05, 3.63) is 22.5 Å². The summed E-state index contributed by atoms with van der Waals surface area (Å²) in [7, 11) is 4.59. The van der Waals surface area contributed by atoms with Gasteiger partial charge in [0.2, 0.25) is 5.95 Å². The number of rotatable bonds is 6. The van der Waals surface area contributed by atoms with Gasteiger partial charge in [0.15, 0.2) is 11.5 Å². The average molecular weight is 294 g/mol. The summed E-state index contributed by atoms with van der Waals surface area (Å²) in [5.41, 5.74) is 2.67. The van der Waals surface area contributed by atoms with Crippen molar-refractivity contribution in [3.8, 4) is 11.5 Å². The van der Waals surface area contributed by atoms with Gasteiger partial charge in [0.1, 0.15) is 0 Å². The van der Waals surface area contributed by atoms with E-state index in [1.54, 1.807) is 19.2 Å². The van der Waals surface area contributed by atoms with E-state index >= 15 is 0 Å². The van der Waals surface area contributed by atoms with Crippen LogP contribution >= 0.6 is 0 Å². The summed E-state index contributed by atoms with van der Waals surface area (Å²) < 4.78 is 16.8. The molecule has 8 heteroatoms. The van der Waals surface area contributed by atoms with E-state index in [1.807, 2.05) is 0 Å². The van der Waals surface area contributed by atoms with Gasteiger partial charge in [-0.25, -0.2) is 10.8 Å². The van der Waals surface area contributed by atoms with E-state index in [-0.39, 0.29) is 11.5 Å². The Morgan fingerprint density at radius 1 is 1.24 bits per heavy atom. The van der Waals surface area contributed by atoms with Crippen LogP contribution in [0.1, 0.15) is 0 Å². The maximum atomic E-state index is 12.6. The molecule has 0 spiro atoms. The van der Waals surface area contributed by atoms with Gasteiger partial charge < -0.3 is 14.2 Å². The quantitative estimate of drug-likeness (QED) is 0.585. The van der Waals surface area contributed by atoms with Crippen LogP contribution in [0.5, 0.6) is 11.5 Å². The third kappa shape index (κ3) is 2.76. The number of anilines is 1. The summed E-state index contributed by atoms with van der Waals surface area (Å²) in [5.74, 6) is 6.66. The van der Waals surface area contributed by atoms with Crippen molar-refractivity contribution in [3.63, 3.8) is 0 Å². The number of hydrogen-bond acceptors (Lipinski definition) is 7. The van der Waals surface area contributed by atoms with Gasteiger partial charge in [0.25, 0.3) is 5.56 Å². The molecule has 1 heterocycles. The first-order valence-electron chi connectivity index (χ1n) is 6.28. The van der Waals surface area contributed by atoms with Crippen LogP contribution in [-0.4, -0.2) is 37.5 Å². The Kier molecular flexibility index (Phi) is 4.61. The van der Waals surface area contributed by atoms with Crippen molar-refractivity contribution < 1.29 is 14.2 Å². The summed E-state index contributed by atoms with van der Waals surface area (Å²) in [6, 6.07) is 3.24. The maximum Gasteiger partial charge on any atom is 0.263 e. The lowest BCUT2D eigenvalue weighted by atomic mass is 10.2. The lowest BCUT2D eigenvalue weighted by Gasteiger charge is -2.14. The van der Waals surface area contributed by atoms with E-state index in [0.717, 1.165) is 0 Å². The number of ether oxygens (including phenoxy) is 3. The molecular weight excluding hydrogens is 276 g/mol. The second kappa shape index (κ2) is 6.42. The minimum Gasteiger partial charge on any atom is -0.493 e. The monoisotopic (exact) mass is 294 g/mol. The van der Waals surface area contributed by atoms with Crippen LogP contribution in [0.15, 0.2) is 16.9 Å². The standard InChI is InChI=1S/C13H18N4O4/c1-19-5-4-17-12(18)8-6-10(20-2)11(21-3)7-9(8)15-13(17)16-14/h6-7H,4-5,14H2,1-3H3,(H,15,16). The van der Waals surface area contributed by atoms with Crippen LogP contribution in [0.2, 0.25) is 0 Å². The molecule has 0 aliphatic rings. The molecular formula is C13H18N4O4. The molecule has 0 atom stereocenters. The van der Waals surface area contributed by atoms with Gasteiger partial charge in [-0.05, 0) is 6.07 Å². The third-order valence-corrected chi connectivity index (χ3v) is 3.11. The van der Waals surface area contributed by atoms with Gasteiger partial charge >= 0.3 is 0 Å². The van der Waals surface area contributed by atoms with Gasteiger partial charge in [-0.3, -0.25) is 14.8 Å². The first kappa shape index (κ1) is 15.1. The molecule has 1 aromatic heterocycles. The largest absolute Gasteiger partial charge is 0.493 e. The molecule has 8 nitrogen and oxygen atoms in total. The minimum absolute atomic E-state index is 0.231. The molecule has 0 amide bonds. The SMILES string of the molecule is COCCn1c(NN)nc2cc(OC)c(OC)cc2c1=O. The van der Waals surface area contributed by atoms with Gasteiger partial charge in [0, 0.05) is 13.2 Å². The molecule has 0 fully saturated rings. The Morgan fingerprint density at radius 2 is 1.90 bits per heavy atom. The van der Waals surface area contributed by atoms with Gasteiger partial charge in [-0.2, -0.15) is 0 Å². The average Bonchev–Trinajstić information content (AvgIpc) is 2.52. The van der Waals surface area contributed by atoms with E-state index in [2.05, 4.69) is 10.4 Å². The fourth-order valence-electron chi connectivity index (χ4n) is 2.05. The van der Waals surface area contributed by atoms with E-state index < -0.39 is 0 Å². The Hall–Kier alpha value is -2.32. The summed E-state index contributed by atoms with van der Waals surface area (Å²) in [6.07, 6.45) is 0. The highest BCUT2D eigenvalue weighted by atomic mass is 16.5. The van der Waals surface area contributed by atoms with Gasteiger partial charge in [0.05, 0.1) is 38.3 Å². The number of nitrogens with zero attached hydrogens (tertiary/aromatic N) is 2. The zero-order valence-electron chi connectivity index (χ0n) is 12.2. The summed E-state index contributed by atoms with van der Waals surface area (Å²) in [6.45, 7) is 0.710. The van der Waals surface area contributed by atoms with Crippen molar-refractivity contribution in [2.45, 2.75) is 6.54 Å². The lowest BCUT2D eigenvalue weighted by Crippen LogP contribution is -2.28. The molecule has 0 aliphatic heterocycles. The molecule has 2 aromatic rings. The number of hydrazine groups is 1. The molecule has 2 rings (SSSR count). The first-order chi connectivity index (χ1) is 10.2. The minimum atomic E-state index is -0.231. The number of fused-ring (bicyclic) bond motifs is 1. The highest BCUT2D eigenvalue weighted by molar-refractivity contribution is 5.82. The Balaban J connectivity index is 2.71. The number of nitrogens with one attached hydrogen (secondary N) is 1. The van der Waals surface area contributed by atoms with E-state index in [9.17, 15) is 4.79 Å². The maximum absolute atomic E-state index is 12.6. The second-order valence-corrected chi connectivity index (χ2v) is 4.25. The molecule has 0 radical (unpaired) electrons. The van der Waals surface area contributed by atoms with Crippen molar-refractivity contribution in [2.24, 2.45) is 5.84 Å². The Morgan fingerprint density at radius 3 is 2.48 bits per heavy atom. The number of benzene rings is 1. The smallest absolute Gasteiger partial charge is 0.263 e. The molecule has 0 bridgehead atoms. The first-order valence-corrected chi connectivity index (χ1v) is 6.28. The number of methoxy groups -OCH3 is 3. The number of nitrogen functional groups attached to an aromatic ring is 1. The highest BCUT2D eigenvalue weighted by Crippen LogP contribution is 2.30. The predicted octanol–water partition coefficient (Wildman–Crippen LogP) is 0.346. The molecule has 0 aliphatic carbocycles. The van der Waals surface area contributed by atoms with Crippen molar-refractivity contribution in [2.75, 3.05) is 33.4 Å². The van der Waals surface area contributed by atoms with Gasteiger partial charge in [-0.15, -0.1) is 0 Å². The zero-order chi connectivity index (χ0) is 15.4. The molecule has 1 aromatic carbocycles. The highest BCUT2D eigenvalue weighted by Gasteiger charge is 2.14. The lowest BCUT2D eigenvalue weighted by molar-refractivity contribution is 0.186. The molecule has 0 saturated heterocycles. The second-order valence-electron chi connectivity index (χ2n) is 4.25. The van der Waals surface area contributed by atoms with Crippen LogP contribution in [0.3, 0.4) is 0 Å². The van der Waals surface area contributed by atoms with Crippen molar-refractivity contribution >= 4 is 16.9 Å². The van der Waals surface area contributed by atoms with E-state index in [0.29, 0.717) is 35.6 Å². The zero-order valence-corrected chi connectivity index (χ0v) is 12.2. The van der Waals surface area contributed by atoms with Crippen LogP contribution in [-0.2, 0) is 11.3 Å².